The van der Waals surface area contributed by atoms with E-state index in [9.17, 15) is 22.7 Å². The van der Waals surface area contributed by atoms with Crippen LogP contribution in [-0.2, 0) is 16.9 Å². The Morgan fingerprint density at radius 2 is 1.91 bits per heavy atom. The SMILES string of the molecule is Cn1cnc(C2CC3CC(O)(C#CC4(S(C)(=O)=O)CC4)CC3C2)c1C(=O)Nc1ccc(F)c(Cl)c1. The molecule has 186 valence electrons. The van der Waals surface area contributed by atoms with Crippen molar-refractivity contribution in [3.8, 4) is 11.8 Å². The van der Waals surface area contributed by atoms with Gasteiger partial charge in [-0.05, 0) is 68.6 Å². The number of nitrogens with zero attached hydrogens (tertiary/aromatic N) is 2. The van der Waals surface area contributed by atoms with E-state index >= 15 is 0 Å². The lowest BCUT2D eigenvalue weighted by molar-refractivity contribution is 0.0978. The van der Waals surface area contributed by atoms with Gasteiger partial charge in [-0.2, -0.15) is 0 Å². The van der Waals surface area contributed by atoms with E-state index in [1.165, 1.54) is 24.5 Å². The Morgan fingerprint density at radius 3 is 2.49 bits per heavy atom. The second kappa shape index (κ2) is 8.32. The van der Waals surface area contributed by atoms with Gasteiger partial charge in [0.05, 0.1) is 17.0 Å². The fourth-order valence-electron chi connectivity index (χ4n) is 5.71. The predicted octanol–water partition coefficient (Wildman–Crippen LogP) is 3.68. The highest BCUT2D eigenvalue weighted by Gasteiger charge is 2.53. The topological polar surface area (TPSA) is 101 Å². The number of carbonyl (C=O) groups is 1. The number of benzene rings is 1. The second-order valence-corrected chi connectivity index (χ2v) is 13.1. The number of aromatic nitrogens is 2. The van der Waals surface area contributed by atoms with Crippen molar-refractivity contribution in [1.82, 2.24) is 9.55 Å². The number of rotatable bonds is 4. The van der Waals surface area contributed by atoms with Crippen molar-refractivity contribution in [2.24, 2.45) is 18.9 Å². The van der Waals surface area contributed by atoms with Crippen LogP contribution in [0.15, 0.2) is 24.5 Å². The number of fused-ring (bicyclic) bond motifs is 1. The molecule has 0 radical (unpaired) electrons. The van der Waals surface area contributed by atoms with Gasteiger partial charge in [0.15, 0.2) is 9.84 Å². The molecule has 2 aromatic rings. The highest BCUT2D eigenvalue weighted by atomic mass is 35.5. The number of hydrogen-bond donors (Lipinski definition) is 2. The molecule has 1 heterocycles. The third kappa shape index (κ3) is 4.48. The summed E-state index contributed by atoms with van der Waals surface area (Å²) in [5, 5.41) is 13.8. The largest absolute Gasteiger partial charge is 0.378 e. The van der Waals surface area contributed by atoms with Gasteiger partial charge >= 0.3 is 0 Å². The number of aliphatic hydroxyl groups is 1. The van der Waals surface area contributed by atoms with E-state index in [2.05, 4.69) is 22.1 Å². The Kier molecular flexibility index (Phi) is 5.78. The van der Waals surface area contributed by atoms with Gasteiger partial charge in [-0.25, -0.2) is 17.8 Å². The minimum absolute atomic E-state index is 0.0621. The van der Waals surface area contributed by atoms with Crippen LogP contribution in [-0.4, -0.2) is 45.6 Å². The molecule has 3 aliphatic rings. The van der Waals surface area contributed by atoms with Crippen LogP contribution in [0.25, 0.3) is 0 Å². The molecule has 35 heavy (non-hydrogen) atoms. The maximum Gasteiger partial charge on any atom is 0.274 e. The zero-order valence-electron chi connectivity index (χ0n) is 19.5. The Morgan fingerprint density at radius 1 is 1.26 bits per heavy atom. The number of aryl methyl sites for hydroxylation is 1. The van der Waals surface area contributed by atoms with Gasteiger partial charge in [0.25, 0.3) is 5.91 Å². The number of carbonyl (C=O) groups excluding carboxylic acids is 1. The van der Waals surface area contributed by atoms with Crippen LogP contribution in [0.3, 0.4) is 0 Å². The summed E-state index contributed by atoms with van der Waals surface area (Å²) in [4.78, 5) is 17.6. The van der Waals surface area contributed by atoms with Crippen LogP contribution in [0.2, 0.25) is 5.02 Å². The number of hydrogen-bond acceptors (Lipinski definition) is 5. The molecule has 3 saturated carbocycles. The van der Waals surface area contributed by atoms with Gasteiger partial charge in [-0.3, -0.25) is 4.79 Å². The van der Waals surface area contributed by atoms with E-state index in [1.54, 1.807) is 17.9 Å². The van der Waals surface area contributed by atoms with Crippen LogP contribution < -0.4 is 5.32 Å². The highest BCUT2D eigenvalue weighted by molar-refractivity contribution is 7.92. The molecule has 1 aromatic carbocycles. The van der Waals surface area contributed by atoms with Gasteiger partial charge in [-0.1, -0.05) is 23.4 Å². The summed E-state index contributed by atoms with van der Waals surface area (Å²) in [6.45, 7) is 0. The Labute approximate surface area is 209 Å². The summed E-state index contributed by atoms with van der Waals surface area (Å²) in [6, 6.07) is 4.01. The fourth-order valence-corrected chi connectivity index (χ4v) is 6.97. The normalized spacial score (nSPS) is 28.8. The standard InChI is InChI=1S/C25H27ClFN3O4S/c1-30-14-28-21(22(30)23(31)29-18-3-4-20(27)19(26)11-18)15-9-16-12-24(32,13-17(16)10-15)5-6-25(7-8-25)35(2,33)34/h3-4,11,14-17,32H,7-10,12-13H2,1-2H3,(H,29,31). The maximum absolute atomic E-state index is 13.5. The van der Waals surface area contributed by atoms with Gasteiger partial charge in [0, 0.05) is 24.9 Å². The number of nitrogens with one attached hydrogen (secondary N) is 1. The van der Waals surface area contributed by atoms with Gasteiger partial charge in [0.1, 0.15) is 21.9 Å². The summed E-state index contributed by atoms with van der Waals surface area (Å²) in [7, 11) is -1.52. The van der Waals surface area contributed by atoms with E-state index < -0.39 is 26.0 Å². The van der Waals surface area contributed by atoms with Crippen molar-refractivity contribution in [2.45, 2.75) is 54.8 Å². The van der Waals surface area contributed by atoms with Crippen molar-refractivity contribution in [3.63, 3.8) is 0 Å². The summed E-state index contributed by atoms with van der Waals surface area (Å²) in [5.41, 5.74) is 0.362. The summed E-state index contributed by atoms with van der Waals surface area (Å²) in [5.74, 6) is 5.42. The fraction of sp³-hybridized carbons (Fsp3) is 0.520. The van der Waals surface area contributed by atoms with Crippen LogP contribution >= 0.6 is 11.6 Å². The lowest BCUT2D eigenvalue weighted by Crippen LogP contribution is -2.26. The molecule has 0 saturated heterocycles. The number of amides is 1. The molecule has 2 unspecified atom stereocenters. The van der Waals surface area contributed by atoms with Crippen molar-refractivity contribution >= 4 is 33.0 Å². The molecule has 7 nitrogen and oxygen atoms in total. The summed E-state index contributed by atoms with van der Waals surface area (Å²) in [6.07, 6.45) is 6.39. The van der Waals surface area contributed by atoms with Crippen molar-refractivity contribution in [3.05, 3.63) is 46.8 Å². The van der Waals surface area contributed by atoms with Crippen molar-refractivity contribution in [2.75, 3.05) is 11.6 Å². The quantitative estimate of drug-likeness (QED) is 0.600. The molecular weight excluding hydrogens is 493 g/mol. The first-order valence-corrected chi connectivity index (χ1v) is 13.9. The highest BCUT2D eigenvalue weighted by Crippen LogP contribution is 2.54. The van der Waals surface area contributed by atoms with Crippen LogP contribution in [0.1, 0.15) is 60.6 Å². The number of anilines is 1. The number of imidazole rings is 1. The van der Waals surface area contributed by atoms with Crippen LogP contribution in [0.4, 0.5) is 10.1 Å². The van der Waals surface area contributed by atoms with E-state index in [0.29, 0.717) is 42.8 Å². The average Bonchev–Trinajstić information content (AvgIpc) is 3.22. The van der Waals surface area contributed by atoms with Crippen LogP contribution in [0, 0.1) is 29.5 Å². The van der Waals surface area contributed by atoms with Gasteiger partial charge in [0.2, 0.25) is 0 Å². The lowest BCUT2D eigenvalue weighted by Gasteiger charge is -2.19. The number of halogens is 2. The lowest BCUT2D eigenvalue weighted by atomic mass is 9.92. The Balaban J connectivity index is 1.29. The molecule has 3 aliphatic carbocycles. The maximum atomic E-state index is 13.5. The molecular formula is C25H27ClFN3O4S. The Hall–Kier alpha value is -2.41. The minimum atomic E-state index is -3.27. The zero-order chi connectivity index (χ0) is 25.2. The molecule has 3 fully saturated rings. The molecule has 5 rings (SSSR count). The van der Waals surface area contributed by atoms with Crippen molar-refractivity contribution in [1.29, 1.82) is 0 Å². The van der Waals surface area contributed by atoms with E-state index in [4.69, 9.17) is 11.6 Å². The van der Waals surface area contributed by atoms with Crippen LogP contribution in [0.5, 0.6) is 0 Å². The average molecular weight is 520 g/mol. The summed E-state index contributed by atoms with van der Waals surface area (Å²) >= 11 is 5.84. The molecule has 10 heteroatoms. The van der Waals surface area contributed by atoms with Gasteiger partial charge < -0.3 is 15.0 Å². The monoisotopic (exact) mass is 519 g/mol. The van der Waals surface area contributed by atoms with Crippen molar-refractivity contribution < 1.29 is 22.7 Å². The third-order valence-electron chi connectivity index (χ3n) is 7.72. The molecule has 1 amide bonds. The van der Waals surface area contributed by atoms with Gasteiger partial charge in [-0.15, -0.1) is 0 Å². The minimum Gasteiger partial charge on any atom is -0.378 e. The smallest absolute Gasteiger partial charge is 0.274 e. The molecule has 0 aliphatic heterocycles. The first-order valence-electron chi connectivity index (χ1n) is 11.6. The first-order chi connectivity index (χ1) is 16.4. The molecule has 1 aromatic heterocycles. The summed E-state index contributed by atoms with van der Waals surface area (Å²) < 4.78 is 38.2. The first kappa shape index (κ1) is 24.3. The molecule has 2 atom stereocenters. The number of sulfone groups is 1. The van der Waals surface area contributed by atoms with E-state index in [0.717, 1.165) is 12.8 Å². The van der Waals surface area contributed by atoms with E-state index in [-0.39, 0.29) is 28.7 Å². The molecule has 0 spiro atoms. The zero-order valence-corrected chi connectivity index (χ0v) is 21.1. The van der Waals surface area contributed by atoms with E-state index in [1.807, 2.05) is 0 Å². The predicted molar refractivity (Wildman–Crippen MR) is 130 cm³/mol. The second-order valence-electron chi connectivity index (χ2n) is 10.3. The molecule has 0 bridgehead atoms. The molecule has 2 N–H and O–H groups in total. The Bertz CT molecular complexity index is 1360. The third-order valence-corrected chi connectivity index (χ3v) is 9.94.